The highest BCUT2D eigenvalue weighted by atomic mass is 19.4. The molecule has 7 heteroatoms. The summed E-state index contributed by atoms with van der Waals surface area (Å²) in [7, 11) is 0. The van der Waals surface area contributed by atoms with Crippen molar-refractivity contribution in [3.8, 4) is 0 Å². The summed E-state index contributed by atoms with van der Waals surface area (Å²) in [5.74, 6) is -0.176. The van der Waals surface area contributed by atoms with Gasteiger partial charge in [0.1, 0.15) is 0 Å². The van der Waals surface area contributed by atoms with Crippen LogP contribution in [-0.2, 0) is 10.9 Å². The Labute approximate surface area is 140 Å². The normalized spacial score (nSPS) is 17.8. The molecule has 0 saturated carbocycles. The van der Waals surface area contributed by atoms with Gasteiger partial charge in [-0.3, -0.25) is 9.69 Å². The van der Waals surface area contributed by atoms with E-state index in [-0.39, 0.29) is 11.6 Å². The Hall–Kier alpha value is -1.60. The fourth-order valence-electron chi connectivity index (χ4n) is 2.83. The lowest BCUT2D eigenvalue weighted by Crippen LogP contribution is -2.51. The molecule has 134 valence electrons. The van der Waals surface area contributed by atoms with E-state index in [1.54, 1.807) is 0 Å². The number of alkyl halides is 3. The molecule has 1 heterocycles. The summed E-state index contributed by atoms with van der Waals surface area (Å²) in [6.45, 7) is 7.43. The van der Waals surface area contributed by atoms with Crippen LogP contribution in [0, 0.1) is 5.92 Å². The Kier molecular flexibility index (Phi) is 6.23. The van der Waals surface area contributed by atoms with Crippen molar-refractivity contribution >= 4 is 5.91 Å². The molecule has 1 saturated heterocycles. The van der Waals surface area contributed by atoms with Gasteiger partial charge in [0, 0.05) is 31.2 Å². The molecule has 4 nitrogen and oxygen atoms in total. The van der Waals surface area contributed by atoms with Crippen LogP contribution in [0.3, 0.4) is 0 Å². The van der Waals surface area contributed by atoms with E-state index in [1.165, 1.54) is 12.1 Å². The summed E-state index contributed by atoms with van der Waals surface area (Å²) in [6.07, 6.45) is -4.45. The van der Waals surface area contributed by atoms with Gasteiger partial charge in [0.2, 0.25) is 0 Å². The van der Waals surface area contributed by atoms with Crippen LogP contribution in [0.4, 0.5) is 13.2 Å². The lowest BCUT2D eigenvalue weighted by molar-refractivity contribution is -0.137. The van der Waals surface area contributed by atoms with E-state index in [9.17, 15) is 18.0 Å². The van der Waals surface area contributed by atoms with Crippen LogP contribution in [0.2, 0.25) is 0 Å². The van der Waals surface area contributed by atoms with Crippen LogP contribution in [0.1, 0.15) is 29.8 Å². The minimum Gasteiger partial charge on any atom is -0.379 e. The first-order valence-electron chi connectivity index (χ1n) is 8.06. The number of ether oxygens (including phenoxy) is 1. The van der Waals surface area contributed by atoms with E-state index >= 15 is 0 Å². The average Bonchev–Trinajstić information content (AvgIpc) is 2.55. The second-order valence-electron chi connectivity index (χ2n) is 6.25. The minimum absolute atomic E-state index is 0.0225. The molecule has 1 aliphatic heterocycles. The molecule has 1 fully saturated rings. The molecule has 1 aliphatic rings. The number of amides is 1. The number of benzene rings is 1. The van der Waals surface area contributed by atoms with Crippen molar-refractivity contribution in [1.82, 2.24) is 10.2 Å². The molecule has 0 unspecified atom stereocenters. The predicted molar refractivity (Wildman–Crippen MR) is 84.8 cm³/mol. The lowest BCUT2D eigenvalue weighted by Gasteiger charge is -2.36. The standard InChI is InChI=1S/C17H23F3N2O2/c1-12(2)15(22-6-8-24-9-7-22)11-21-16(23)13-4-3-5-14(10-13)17(18,19)20/h3-5,10,12,15H,6-9,11H2,1-2H3,(H,21,23)/t15-/m0/s1. The summed E-state index contributed by atoms with van der Waals surface area (Å²) in [6, 6.07) is 4.61. The average molecular weight is 344 g/mol. The number of hydrogen-bond donors (Lipinski definition) is 1. The highest BCUT2D eigenvalue weighted by molar-refractivity contribution is 5.94. The van der Waals surface area contributed by atoms with Crippen molar-refractivity contribution in [3.05, 3.63) is 35.4 Å². The third-order valence-electron chi connectivity index (χ3n) is 4.21. The van der Waals surface area contributed by atoms with Crippen LogP contribution in [0.25, 0.3) is 0 Å². The molecule has 1 amide bonds. The molecule has 24 heavy (non-hydrogen) atoms. The molecule has 0 aliphatic carbocycles. The van der Waals surface area contributed by atoms with Crippen LogP contribution >= 0.6 is 0 Å². The molecule has 1 aromatic rings. The van der Waals surface area contributed by atoms with Gasteiger partial charge in [0.15, 0.2) is 0 Å². The molecule has 0 radical (unpaired) electrons. The molecular weight excluding hydrogens is 321 g/mol. The lowest BCUT2D eigenvalue weighted by atomic mass is 10.0. The van der Waals surface area contributed by atoms with Gasteiger partial charge in [-0.2, -0.15) is 13.2 Å². The Morgan fingerprint density at radius 3 is 2.54 bits per heavy atom. The monoisotopic (exact) mass is 344 g/mol. The minimum atomic E-state index is -4.45. The fourth-order valence-corrected chi connectivity index (χ4v) is 2.83. The van der Waals surface area contributed by atoms with Crippen molar-refractivity contribution in [3.63, 3.8) is 0 Å². The Bertz CT molecular complexity index is 555. The maximum Gasteiger partial charge on any atom is 0.416 e. The Balaban J connectivity index is 2.00. The second kappa shape index (κ2) is 7.98. The van der Waals surface area contributed by atoms with Crippen LogP contribution in [0.15, 0.2) is 24.3 Å². The van der Waals surface area contributed by atoms with E-state index in [0.717, 1.165) is 25.2 Å². The summed E-state index contributed by atoms with van der Waals surface area (Å²) in [4.78, 5) is 14.5. The van der Waals surface area contributed by atoms with Crippen LogP contribution in [-0.4, -0.2) is 49.7 Å². The van der Waals surface area contributed by atoms with E-state index in [0.29, 0.717) is 25.7 Å². The molecule has 1 atom stereocenters. The maximum absolute atomic E-state index is 12.7. The third-order valence-corrected chi connectivity index (χ3v) is 4.21. The summed E-state index contributed by atoms with van der Waals surface area (Å²) < 4.78 is 43.6. The molecular formula is C17H23F3N2O2. The molecule has 2 rings (SSSR count). The first-order valence-corrected chi connectivity index (χ1v) is 8.06. The Morgan fingerprint density at radius 1 is 1.29 bits per heavy atom. The summed E-state index contributed by atoms with van der Waals surface area (Å²) in [5, 5.41) is 2.77. The number of nitrogens with zero attached hydrogens (tertiary/aromatic N) is 1. The number of rotatable bonds is 5. The van der Waals surface area contributed by atoms with Crippen LogP contribution in [0.5, 0.6) is 0 Å². The van der Waals surface area contributed by atoms with Crippen molar-refractivity contribution in [2.24, 2.45) is 5.92 Å². The number of carbonyl (C=O) groups is 1. The molecule has 0 spiro atoms. The van der Waals surface area contributed by atoms with E-state index in [2.05, 4.69) is 24.1 Å². The van der Waals surface area contributed by atoms with Crippen molar-refractivity contribution in [1.29, 1.82) is 0 Å². The molecule has 1 aromatic carbocycles. The number of carbonyl (C=O) groups excluding carboxylic acids is 1. The van der Waals surface area contributed by atoms with Gasteiger partial charge in [0.25, 0.3) is 5.91 Å². The largest absolute Gasteiger partial charge is 0.416 e. The van der Waals surface area contributed by atoms with Gasteiger partial charge < -0.3 is 10.1 Å². The number of hydrogen-bond acceptors (Lipinski definition) is 3. The van der Waals surface area contributed by atoms with Gasteiger partial charge in [-0.25, -0.2) is 0 Å². The zero-order valence-corrected chi connectivity index (χ0v) is 13.9. The maximum atomic E-state index is 12.7. The highest BCUT2D eigenvalue weighted by Gasteiger charge is 2.31. The predicted octanol–water partition coefficient (Wildman–Crippen LogP) is 2.79. The highest BCUT2D eigenvalue weighted by Crippen LogP contribution is 2.29. The van der Waals surface area contributed by atoms with Gasteiger partial charge in [-0.05, 0) is 24.1 Å². The molecule has 0 bridgehead atoms. The fraction of sp³-hybridized carbons (Fsp3) is 0.588. The summed E-state index contributed by atoms with van der Waals surface area (Å²) >= 11 is 0. The van der Waals surface area contributed by atoms with E-state index in [4.69, 9.17) is 4.74 Å². The first-order chi connectivity index (χ1) is 11.3. The molecule has 0 aromatic heterocycles. The van der Waals surface area contributed by atoms with Gasteiger partial charge in [0.05, 0.1) is 18.8 Å². The zero-order chi connectivity index (χ0) is 17.7. The SMILES string of the molecule is CC(C)[C@H](CNC(=O)c1cccc(C(F)(F)F)c1)N1CCOCC1. The van der Waals surface area contributed by atoms with Crippen molar-refractivity contribution < 1.29 is 22.7 Å². The topological polar surface area (TPSA) is 41.6 Å². The number of nitrogens with one attached hydrogen (secondary N) is 1. The first kappa shape index (κ1) is 18.7. The third kappa shape index (κ3) is 4.95. The molecule has 1 N–H and O–H groups in total. The van der Waals surface area contributed by atoms with E-state index in [1.807, 2.05) is 0 Å². The quantitative estimate of drug-likeness (QED) is 0.893. The Morgan fingerprint density at radius 2 is 1.96 bits per heavy atom. The number of morpholine rings is 1. The smallest absolute Gasteiger partial charge is 0.379 e. The summed E-state index contributed by atoms with van der Waals surface area (Å²) in [5.41, 5.74) is -0.793. The second-order valence-corrected chi connectivity index (χ2v) is 6.25. The van der Waals surface area contributed by atoms with Crippen LogP contribution < -0.4 is 5.32 Å². The van der Waals surface area contributed by atoms with E-state index < -0.39 is 17.6 Å². The van der Waals surface area contributed by atoms with Gasteiger partial charge in [-0.1, -0.05) is 19.9 Å². The van der Waals surface area contributed by atoms with Crippen molar-refractivity contribution in [2.75, 3.05) is 32.8 Å². The van der Waals surface area contributed by atoms with Crippen molar-refractivity contribution in [2.45, 2.75) is 26.1 Å². The zero-order valence-electron chi connectivity index (χ0n) is 13.9. The number of halogens is 3. The van der Waals surface area contributed by atoms with Gasteiger partial charge >= 0.3 is 6.18 Å². The van der Waals surface area contributed by atoms with Gasteiger partial charge in [-0.15, -0.1) is 0 Å².